The molecule has 6 rings (SSSR count). The maximum absolute atomic E-state index is 2.57. The molecule has 0 aliphatic heterocycles. The van der Waals surface area contributed by atoms with Gasteiger partial charge in [-0.15, -0.1) is 0 Å². The normalized spacial score (nSPS) is 11.6. The van der Waals surface area contributed by atoms with Crippen molar-refractivity contribution in [2.24, 2.45) is 0 Å². The van der Waals surface area contributed by atoms with Gasteiger partial charge in [-0.2, -0.15) is 9.13 Å². The van der Waals surface area contributed by atoms with E-state index in [0.29, 0.717) is 0 Å². The summed E-state index contributed by atoms with van der Waals surface area (Å²) >= 11 is 0. The summed E-state index contributed by atoms with van der Waals surface area (Å²) in [7, 11) is 17.0. The Morgan fingerprint density at radius 3 is 0.833 bits per heavy atom. The Labute approximate surface area is 287 Å². The molecule has 0 aliphatic carbocycles. The van der Waals surface area contributed by atoms with E-state index in [1.54, 1.807) is 0 Å². The third kappa shape index (κ3) is 6.99. The number of unbranched alkanes of at least 4 members (excludes halogenated alkanes) is 5. The first-order chi connectivity index (χ1) is 23.1. The number of pyridine rings is 2. The van der Waals surface area contributed by atoms with Crippen LogP contribution in [0.25, 0.3) is 43.6 Å². The van der Waals surface area contributed by atoms with Gasteiger partial charge < -0.3 is 19.6 Å². The highest BCUT2D eigenvalue weighted by Gasteiger charge is 2.19. The van der Waals surface area contributed by atoms with Gasteiger partial charge >= 0.3 is 0 Å². The van der Waals surface area contributed by atoms with Crippen molar-refractivity contribution in [1.82, 2.24) is 0 Å². The van der Waals surface area contributed by atoms with Gasteiger partial charge in [0, 0.05) is 138 Å². The summed E-state index contributed by atoms with van der Waals surface area (Å²) in [6.45, 7) is 2.06. The Balaban J connectivity index is 1.14. The summed E-state index contributed by atoms with van der Waals surface area (Å²) < 4.78 is 5.13. The van der Waals surface area contributed by atoms with Crippen LogP contribution < -0.4 is 28.7 Å². The molecule has 6 heteroatoms. The van der Waals surface area contributed by atoms with E-state index < -0.39 is 0 Å². The number of aryl methyl sites for hydroxylation is 2. The Hall–Kier alpha value is -4.58. The second-order valence-electron chi connectivity index (χ2n) is 14.3. The third-order valence-electron chi connectivity index (χ3n) is 9.92. The molecule has 0 N–H and O–H groups in total. The van der Waals surface area contributed by atoms with Gasteiger partial charge in [-0.1, -0.05) is 12.8 Å². The molecule has 0 bridgehead atoms. The predicted octanol–water partition coefficient (Wildman–Crippen LogP) is 8.18. The molecule has 4 aromatic carbocycles. The van der Waals surface area contributed by atoms with Crippen LogP contribution in [0.3, 0.4) is 0 Å². The average molecular weight is 643 g/mol. The van der Waals surface area contributed by atoms with Crippen LogP contribution in [0.1, 0.15) is 38.5 Å². The maximum atomic E-state index is 2.57. The van der Waals surface area contributed by atoms with Crippen molar-refractivity contribution in [1.29, 1.82) is 0 Å². The summed E-state index contributed by atoms with van der Waals surface area (Å²) in [5, 5.41) is 5.22. The van der Waals surface area contributed by atoms with Crippen molar-refractivity contribution in [3.8, 4) is 0 Å². The molecule has 2 heterocycles. The molecular weight excluding hydrogens is 589 g/mol. The molecule has 0 saturated carbocycles. The Morgan fingerprint density at radius 2 is 0.583 bits per heavy atom. The van der Waals surface area contributed by atoms with Gasteiger partial charge in [0.2, 0.25) is 22.1 Å². The molecule has 2 aromatic heterocycles. The number of anilines is 4. The number of hydrogen-bond acceptors (Lipinski definition) is 4. The van der Waals surface area contributed by atoms with Gasteiger partial charge in [0.05, 0.1) is 0 Å². The van der Waals surface area contributed by atoms with Crippen molar-refractivity contribution < 1.29 is 9.13 Å². The SMILES string of the molecule is CN(C)c1ccc2cc3ccc(N(C)C)cc3[n+](CCCCCCCC[n+]3c4cc(N(C)C)ccc4cc4ccc(N(C)C)cc43)c2c1. The lowest BCUT2D eigenvalue weighted by Crippen LogP contribution is -2.36. The summed E-state index contributed by atoms with van der Waals surface area (Å²) in [6.07, 6.45) is 7.39. The number of hydrogen-bond donors (Lipinski definition) is 0. The fraction of sp³-hybridized carbons (Fsp3) is 0.381. The van der Waals surface area contributed by atoms with Gasteiger partial charge in [-0.3, -0.25) is 0 Å². The smallest absolute Gasteiger partial charge is 0.215 e. The number of fused-ring (bicyclic) bond motifs is 4. The number of aromatic nitrogens is 2. The second kappa shape index (κ2) is 14.3. The van der Waals surface area contributed by atoms with Crippen LogP contribution in [-0.4, -0.2) is 56.4 Å². The zero-order chi connectivity index (χ0) is 33.9. The summed E-state index contributed by atoms with van der Waals surface area (Å²) in [6, 6.07) is 32.2. The van der Waals surface area contributed by atoms with Crippen molar-refractivity contribution in [3.05, 3.63) is 84.9 Å². The fourth-order valence-corrected chi connectivity index (χ4v) is 6.99. The van der Waals surface area contributed by atoms with Crippen LogP contribution in [0, 0.1) is 0 Å². The Bertz CT molecular complexity index is 1780. The van der Waals surface area contributed by atoms with Crippen LogP contribution >= 0.6 is 0 Å². The number of nitrogens with zero attached hydrogens (tertiary/aromatic N) is 6. The van der Waals surface area contributed by atoms with E-state index in [1.165, 1.54) is 105 Å². The van der Waals surface area contributed by atoms with E-state index >= 15 is 0 Å². The Kier molecular flexibility index (Phi) is 9.91. The lowest BCUT2D eigenvalue weighted by atomic mass is 10.1. The molecule has 6 aromatic rings. The minimum atomic E-state index is 1.03. The molecule has 0 amide bonds. The average Bonchev–Trinajstić information content (AvgIpc) is 3.07. The van der Waals surface area contributed by atoms with E-state index in [2.05, 4.69) is 170 Å². The molecule has 0 radical (unpaired) electrons. The van der Waals surface area contributed by atoms with Crippen LogP contribution in [0.5, 0.6) is 0 Å². The summed E-state index contributed by atoms with van der Waals surface area (Å²) in [5.41, 5.74) is 10.2. The molecule has 48 heavy (non-hydrogen) atoms. The Morgan fingerprint density at radius 1 is 0.333 bits per heavy atom. The minimum Gasteiger partial charge on any atom is -0.377 e. The largest absolute Gasteiger partial charge is 0.377 e. The number of benzene rings is 4. The van der Waals surface area contributed by atoms with Crippen LogP contribution in [0.15, 0.2) is 84.9 Å². The van der Waals surface area contributed by atoms with Crippen LogP contribution in [0.4, 0.5) is 22.7 Å². The first kappa shape index (κ1) is 33.3. The lowest BCUT2D eigenvalue weighted by molar-refractivity contribution is -0.646. The molecule has 0 atom stereocenters. The highest BCUT2D eigenvalue weighted by Crippen LogP contribution is 2.27. The quantitative estimate of drug-likeness (QED) is 0.0719. The maximum Gasteiger partial charge on any atom is 0.215 e. The zero-order valence-corrected chi connectivity index (χ0v) is 30.4. The highest BCUT2D eigenvalue weighted by atomic mass is 15.1. The lowest BCUT2D eigenvalue weighted by Gasteiger charge is -2.15. The predicted molar refractivity (Wildman–Crippen MR) is 208 cm³/mol. The van der Waals surface area contributed by atoms with E-state index in [4.69, 9.17) is 0 Å². The molecule has 250 valence electrons. The van der Waals surface area contributed by atoms with Gasteiger partial charge in [0.1, 0.15) is 13.1 Å². The topological polar surface area (TPSA) is 20.7 Å². The van der Waals surface area contributed by atoms with Crippen LogP contribution in [-0.2, 0) is 13.1 Å². The van der Waals surface area contributed by atoms with E-state index in [-0.39, 0.29) is 0 Å². The third-order valence-corrected chi connectivity index (χ3v) is 9.92. The van der Waals surface area contributed by atoms with Gasteiger partial charge in [0.25, 0.3) is 0 Å². The van der Waals surface area contributed by atoms with Gasteiger partial charge in [0.15, 0.2) is 0 Å². The standard InChI is InChI=1S/C42H54N6/c1-43(2)35-19-15-31-25-32-16-20-36(44(3)4)28-40(32)47(39(31)27-35)23-13-11-9-10-12-14-24-48-41-29-37(45(5)6)21-17-33(41)26-34-18-22-38(46(7)8)30-42(34)48/h15-22,25-30H,9-14,23-24H2,1-8H3/q+2. The van der Waals surface area contributed by atoms with Crippen molar-refractivity contribution in [2.75, 3.05) is 76.0 Å². The van der Waals surface area contributed by atoms with Crippen molar-refractivity contribution >= 4 is 66.4 Å². The molecule has 0 spiro atoms. The molecule has 0 unspecified atom stereocenters. The molecule has 0 fully saturated rings. The highest BCUT2D eigenvalue weighted by molar-refractivity contribution is 5.92. The van der Waals surface area contributed by atoms with Gasteiger partial charge in [-0.05, 0) is 73.5 Å². The first-order valence-electron chi connectivity index (χ1n) is 17.6. The minimum absolute atomic E-state index is 1.03. The van der Waals surface area contributed by atoms with Gasteiger partial charge in [-0.25, -0.2) is 0 Å². The van der Waals surface area contributed by atoms with Crippen molar-refractivity contribution in [3.63, 3.8) is 0 Å². The van der Waals surface area contributed by atoms with Crippen LogP contribution in [0.2, 0.25) is 0 Å². The summed E-state index contributed by atoms with van der Waals surface area (Å²) in [4.78, 5) is 8.80. The van der Waals surface area contributed by atoms with E-state index in [0.717, 1.165) is 13.1 Å². The van der Waals surface area contributed by atoms with Crippen molar-refractivity contribution in [2.45, 2.75) is 51.6 Å². The molecular formula is C42H54N6+2. The molecule has 0 saturated heterocycles. The summed E-state index contributed by atoms with van der Waals surface area (Å²) in [5.74, 6) is 0. The first-order valence-corrected chi connectivity index (χ1v) is 17.6. The second-order valence-corrected chi connectivity index (χ2v) is 14.3. The molecule has 6 nitrogen and oxygen atoms in total. The fourth-order valence-electron chi connectivity index (χ4n) is 6.99. The monoisotopic (exact) mass is 642 g/mol. The zero-order valence-electron chi connectivity index (χ0n) is 30.4. The van der Waals surface area contributed by atoms with E-state index in [1.807, 2.05) is 0 Å². The molecule has 0 aliphatic rings. The number of rotatable bonds is 13. The van der Waals surface area contributed by atoms with E-state index in [9.17, 15) is 0 Å².